The van der Waals surface area contributed by atoms with E-state index >= 15 is 0 Å². The van der Waals surface area contributed by atoms with Crippen molar-refractivity contribution in [1.29, 1.82) is 0 Å². The van der Waals surface area contributed by atoms with Crippen LogP contribution in [0.5, 0.6) is 0 Å². The topological polar surface area (TPSA) is 26.0 Å². The first-order valence-electron chi connectivity index (χ1n) is 2.44. The van der Waals surface area contributed by atoms with Gasteiger partial charge < -0.3 is 18.7 Å². The van der Waals surface area contributed by atoms with Crippen LogP contribution in [-0.2, 0) is 0 Å². The monoisotopic (exact) mass is 163 g/mol. The summed E-state index contributed by atoms with van der Waals surface area (Å²) in [6.45, 7) is -4.76. The predicted octanol–water partition coefficient (Wildman–Crippen LogP) is -2.13. The van der Waals surface area contributed by atoms with Crippen LogP contribution in [0.4, 0.5) is 12.9 Å². The average Bonchev–Trinajstić information content (AvgIpc) is 2.16. The fraction of sp³-hybridized carbons (Fsp3) is 1.00. The summed E-state index contributed by atoms with van der Waals surface area (Å²) in [5.74, 6) is 0. The Morgan fingerprint density at radius 2 is 1.56 bits per heavy atom. The molecule has 0 aliphatic heterocycles. The van der Waals surface area contributed by atoms with Gasteiger partial charge in [-0.2, -0.15) is 0 Å². The van der Waals surface area contributed by atoms with Crippen molar-refractivity contribution >= 4 is 6.98 Å². The van der Waals surface area contributed by atoms with Gasteiger partial charge in [-0.25, -0.2) is 0 Å². The smallest absolute Gasteiger partial charge is 0.448 e. The van der Waals surface area contributed by atoms with Gasteiger partial charge in [0.05, 0.1) is 0 Å². The van der Waals surface area contributed by atoms with Crippen molar-refractivity contribution in [3.05, 3.63) is 0 Å². The number of nitrogens with two attached hydrogens (primary N) is 1. The summed E-state index contributed by atoms with van der Waals surface area (Å²) >= 11 is 0. The van der Waals surface area contributed by atoms with E-state index in [0.29, 0.717) is 0 Å². The van der Waals surface area contributed by atoms with E-state index in [4.69, 9.17) is 5.73 Å². The number of hydrogen-bond acceptors (Lipinski definition) is 1. The van der Waals surface area contributed by atoms with Gasteiger partial charge >= 0.3 is 58.4 Å². The SMILES string of the molecule is NC1([B-](F)(F)F)CC1.[K+]. The standard InChI is InChI=1S/C3H6BF3N.K/c5-4(6,7)3(8)1-2-3;/h1-2,8H2;/q-1;+1. The van der Waals surface area contributed by atoms with Gasteiger partial charge in [-0.05, 0) is 5.44 Å². The van der Waals surface area contributed by atoms with E-state index < -0.39 is 12.4 Å². The Kier molecular flexibility index (Phi) is 3.28. The van der Waals surface area contributed by atoms with E-state index in [1.165, 1.54) is 0 Å². The molecule has 1 fully saturated rings. The van der Waals surface area contributed by atoms with Gasteiger partial charge in [-0.3, -0.25) is 0 Å². The van der Waals surface area contributed by atoms with E-state index in [9.17, 15) is 12.9 Å². The van der Waals surface area contributed by atoms with Crippen LogP contribution in [0.3, 0.4) is 0 Å². The zero-order chi connectivity index (χ0) is 6.41. The zero-order valence-corrected chi connectivity index (χ0v) is 8.33. The molecule has 0 aromatic heterocycles. The Balaban J connectivity index is 0.000000640. The van der Waals surface area contributed by atoms with Crippen molar-refractivity contribution in [2.75, 3.05) is 0 Å². The molecule has 2 N–H and O–H groups in total. The van der Waals surface area contributed by atoms with Crippen LogP contribution in [0.1, 0.15) is 12.8 Å². The number of rotatable bonds is 1. The summed E-state index contributed by atoms with van der Waals surface area (Å²) in [6.07, 6.45) is 0.243. The van der Waals surface area contributed by atoms with E-state index in [2.05, 4.69) is 0 Å². The minimum absolute atomic E-state index is 0. The molecule has 0 bridgehead atoms. The van der Waals surface area contributed by atoms with Crippen LogP contribution in [0.2, 0.25) is 0 Å². The van der Waals surface area contributed by atoms with Gasteiger partial charge in [0.15, 0.2) is 0 Å². The Hall–Kier alpha value is 1.45. The van der Waals surface area contributed by atoms with Crippen molar-refractivity contribution in [1.82, 2.24) is 0 Å². The maximum atomic E-state index is 11.6. The summed E-state index contributed by atoms with van der Waals surface area (Å²) in [7, 11) is 0. The molecule has 0 aromatic carbocycles. The summed E-state index contributed by atoms with van der Waals surface area (Å²) in [4.78, 5) is 0. The minimum atomic E-state index is -4.76. The summed E-state index contributed by atoms with van der Waals surface area (Å²) in [5, 5.41) is 0. The van der Waals surface area contributed by atoms with Crippen LogP contribution >= 0.6 is 0 Å². The quantitative estimate of drug-likeness (QED) is 0.439. The van der Waals surface area contributed by atoms with E-state index in [0.717, 1.165) is 0 Å². The molecule has 1 aliphatic rings. The van der Waals surface area contributed by atoms with Gasteiger partial charge in [0.1, 0.15) is 0 Å². The van der Waals surface area contributed by atoms with Crippen molar-refractivity contribution in [3.63, 3.8) is 0 Å². The summed E-state index contributed by atoms with van der Waals surface area (Å²) < 4.78 is 34.7. The molecule has 0 atom stereocenters. The fourth-order valence-corrected chi connectivity index (χ4v) is 0.472. The van der Waals surface area contributed by atoms with Crippen LogP contribution in [-0.4, -0.2) is 12.4 Å². The molecule has 0 radical (unpaired) electrons. The minimum Gasteiger partial charge on any atom is -0.448 e. The van der Waals surface area contributed by atoms with Gasteiger partial charge in [-0.15, -0.1) is 0 Å². The second-order valence-electron chi connectivity index (χ2n) is 2.31. The predicted molar refractivity (Wildman–Crippen MR) is 25.2 cm³/mol. The maximum absolute atomic E-state index is 11.6. The molecule has 1 nitrogen and oxygen atoms in total. The Morgan fingerprint density at radius 3 is 1.56 bits per heavy atom. The second kappa shape index (κ2) is 2.83. The third-order valence-corrected chi connectivity index (χ3v) is 1.48. The van der Waals surface area contributed by atoms with Crippen molar-refractivity contribution in [3.8, 4) is 0 Å². The van der Waals surface area contributed by atoms with Crippen LogP contribution in [0.25, 0.3) is 0 Å². The molecule has 0 aromatic rings. The largest absolute Gasteiger partial charge is 1.00 e. The van der Waals surface area contributed by atoms with Crippen LogP contribution in [0, 0.1) is 0 Å². The molecule has 0 heterocycles. The molecule has 1 aliphatic carbocycles. The van der Waals surface area contributed by atoms with E-state index in [-0.39, 0.29) is 64.2 Å². The Labute approximate surface area is 94.0 Å². The van der Waals surface area contributed by atoms with Crippen molar-refractivity contribution in [2.45, 2.75) is 18.3 Å². The first-order chi connectivity index (χ1) is 3.46. The molecule has 0 spiro atoms. The Morgan fingerprint density at radius 1 is 1.22 bits per heavy atom. The molecule has 9 heavy (non-hydrogen) atoms. The molecule has 1 rings (SSSR count). The molecular formula is C3H6BF3KN. The Bertz CT molecular complexity index is 107. The first-order valence-corrected chi connectivity index (χ1v) is 2.44. The van der Waals surface area contributed by atoms with Gasteiger partial charge in [0, 0.05) is 0 Å². The maximum Gasteiger partial charge on any atom is 1.00 e. The normalized spacial score (nSPS) is 22.7. The molecule has 6 heteroatoms. The molecule has 48 valence electrons. The third kappa shape index (κ3) is 2.20. The van der Waals surface area contributed by atoms with Gasteiger partial charge in [0.25, 0.3) is 0 Å². The molecule has 0 saturated heterocycles. The molecule has 0 unspecified atom stereocenters. The van der Waals surface area contributed by atoms with Gasteiger partial charge in [-0.1, -0.05) is 12.8 Å². The van der Waals surface area contributed by atoms with Gasteiger partial charge in [0.2, 0.25) is 0 Å². The summed E-state index contributed by atoms with van der Waals surface area (Å²) in [6, 6.07) is 0. The summed E-state index contributed by atoms with van der Waals surface area (Å²) in [5.41, 5.74) is 3.08. The zero-order valence-electron chi connectivity index (χ0n) is 5.20. The van der Waals surface area contributed by atoms with E-state index in [1.807, 2.05) is 0 Å². The second-order valence-corrected chi connectivity index (χ2v) is 2.31. The van der Waals surface area contributed by atoms with Crippen LogP contribution < -0.4 is 57.1 Å². The molecule has 1 saturated carbocycles. The van der Waals surface area contributed by atoms with Crippen LogP contribution in [0.15, 0.2) is 0 Å². The fourth-order valence-electron chi connectivity index (χ4n) is 0.472. The number of halogens is 3. The van der Waals surface area contributed by atoms with E-state index in [1.54, 1.807) is 0 Å². The molecule has 0 amide bonds. The molecular weight excluding hydrogens is 157 g/mol. The first kappa shape index (κ1) is 10.5. The van der Waals surface area contributed by atoms with Crippen molar-refractivity contribution < 1.29 is 64.3 Å². The average molecular weight is 163 g/mol. The van der Waals surface area contributed by atoms with Crippen molar-refractivity contribution in [2.24, 2.45) is 5.73 Å². The number of hydrogen-bond donors (Lipinski definition) is 1. The third-order valence-electron chi connectivity index (χ3n) is 1.48.